The van der Waals surface area contributed by atoms with Crippen molar-refractivity contribution in [3.05, 3.63) is 33.3 Å². The Labute approximate surface area is 108 Å². The van der Waals surface area contributed by atoms with Crippen LogP contribution in [0.1, 0.15) is 6.92 Å². The second kappa shape index (κ2) is 4.91. The molecule has 0 aliphatic rings. The van der Waals surface area contributed by atoms with E-state index in [9.17, 15) is 23.3 Å². The van der Waals surface area contributed by atoms with Crippen LogP contribution < -0.4 is 4.31 Å². The van der Waals surface area contributed by atoms with Crippen LogP contribution in [0, 0.1) is 10.1 Å². The van der Waals surface area contributed by atoms with Crippen LogP contribution in [0.4, 0.5) is 11.4 Å². The third-order valence-electron chi connectivity index (χ3n) is 1.97. The molecular weight excluding hydrogens is 284 g/mol. The van der Waals surface area contributed by atoms with E-state index in [1.807, 2.05) is 0 Å². The molecule has 0 atom stereocenters. The Hall–Kier alpha value is -1.67. The standard InChI is InChI=1S/C9H9ClN2O5S/c1-6(13)11(18(2,16)17)8-4-3-7(10)5-9(8)12(14)15/h3-5H,1-2H3. The number of benzene rings is 1. The first-order chi connectivity index (χ1) is 8.14. The lowest BCUT2D eigenvalue weighted by Crippen LogP contribution is -2.34. The fraction of sp³-hybridized carbons (Fsp3) is 0.222. The summed E-state index contributed by atoms with van der Waals surface area (Å²) < 4.78 is 23.3. The van der Waals surface area contributed by atoms with Crippen LogP contribution in [0.2, 0.25) is 5.02 Å². The largest absolute Gasteiger partial charge is 0.295 e. The Balaban J connectivity index is 3.57. The van der Waals surface area contributed by atoms with Gasteiger partial charge in [-0.05, 0) is 12.1 Å². The number of anilines is 1. The maximum Gasteiger partial charge on any atom is 0.295 e. The summed E-state index contributed by atoms with van der Waals surface area (Å²) in [7, 11) is -3.95. The zero-order valence-electron chi connectivity index (χ0n) is 9.45. The normalized spacial score (nSPS) is 11.1. The molecule has 0 unspecified atom stereocenters. The molecule has 0 aliphatic heterocycles. The molecule has 0 saturated heterocycles. The van der Waals surface area contributed by atoms with Crippen LogP contribution in [-0.4, -0.2) is 25.5 Å². The first-order valence-corrected chi connectivity index (χ1v) is 6.82. The molecule has 0 bridgehead atoms. The summed E-state index contributed by atoms with van der Waals surface area (Å²) in [6.45, 7) is 0.999. The number of amides is 1. The highest BCUT2D eigenvalue weighted by Gasteiger charge is 2.29. The number of hydrogen-bond acceptors (Lipinski definition) is 5. The van der Waals surface area contributed by atoms with Gasteiger partial charge in [0.15, 0.2) is 0 Å². The lowest BCUT2D eigenvalue weighted by molar-refractivity contribution is -0.384. The van der Waals surface area contributed by atoms with Crippen molar-refractivity contribution in [3.63, 3.8) is 0 Å². The first kappa shape index (κ1) is 14.4. The van der Waals surface area contributed by atoms with Crippen LogP contribution in [0.25, 0.3) is 0 Å². The number of rotatable bonds is 3. The van der Waals surface area contributed by atoms with E-state index >= 15 is 0 Å². The van der Waals surface area contributed by atoms with Crippen molar-refractivity contribution in [1.82, 2.24) is 0 Å². The maximum atomic E-state index is 11.5. The molecule has 7 nitrogen and oxygen atoms in total. The molecule has 9 heteroatoms. The highest BCUT2D eigenvalue weighted by molar-refractivity contribution is 7.92. The van der Waals surface area contributed by atoms with Crippen molar-refractivity contribution in [2.24, 2.45) is 0 Å². The predicted octanol–water partition coefficient (Wildman–Crippen LogP) is 1.56. The summed E-state index contributed by atoms with van der Waals surface area (Å²) in [5, 5.41) is 10.9. The topological polar surface area (TPSA) is 97.6 Å². The molecule has 1 rings (SSSR count). The van der Waals surface area contributed by atoms with Crippen LogP contribution in [0.15, 0.2) is 18.2 Å². The molecule has 0 heterocycles. The van der Waals surface area contributed by atoms with Crippen LogP contribution >= 0.6 is 11.6 Å². The van der Waals surface area contributed by atoms with Gasteiger partial charge in [-0.15, -0.1) is 0 Å². The molecule has 0 aliphatic carbocycles. The Morgan fingerprint density at radius 1 is 1.44 bits per heavy atom. The van der Waals surface area contributed by atoms with Gasteiger partial charge in [0.25, 0.3) is 5.69 Å². The number of nitrogens with zero attached hydrogens (tertiary/aromatic N) is 2. The van der Waals surface area contributed by atoms with Gasteiger partial charge in [-0.2, -0.15) is 0 Å². The van der Waals surface area contributed by atoms with Crippen molar-refractivity contribution in [1.29, 1.82) is 0 Å². The summed E-state index contributed by atoms with van der Waals surface area (Å²) in [4.78, 5) is 21.4. The number of hydrogen-bond donors (Lipinski definition) is 0. The molecule has 98 valence electrons. The van der Waals surface area contributed by atoms with Crippen LogP contribution in [-0.2, 0) is 14.8 Å². The van der Waals surface area contributed by atoms with Crippen molar-refractivity contribution in [2.45, 2.75) is 6.92 Å². The van der Waals surface area contributed by atoms with Gasteiger partial charge >= 0.3 is 0 Å². The number of carbonyl (C=O) groups is 1. The van der Waals surface area contributed by atoms with Gasteiger partial charge in [-0.3, -0.25) is 14.9 Å². The molecule has 0 aromatic heterocycles. The molecule has 1 aromatic rings. The summed E-state index contributed by atoms with van der Waals surface area (Å²) in [5.41, 5.74) is -0.887. The summed E-state index contributed by atoms with van der Waals surface area (Å²) in [5.74, 6) is -0.845. The molecule has 0 saturated carbocycles. The van der Waals surface area contributed by atoms with Gasteiger partial charge in [-0.25, -0.2) is 12.7 Å². The van der Waals surface area contributed by atoms with Gasteiger partial charge in [0.1, 0.15) is 5.69 Å². The highest BCUT2D eigenvalue weighted by atomic mass is 35.5. The van der Waals surface area contributed by atoms with E-state index in [0.29, 0.717) is 4.31 Å². The summed E-state index contributed by atoms with van der Waals surface area (Å²) in [6, 6.07) is 3.37. The SMILES string of the molecule is CC(=O)N(c1ccc(Cl)cc1[N+](=O)[O-])S(C)(=O)=O. The van der Waals surface area contributed by atoms with Crippen molar-refractivity contribution >= 4 is 38.9 Å². The lowest BCUT2D eigenvalue weighted by Gasteiger charge is -2.18. The zero-order valence-corrected chi connectivity index (χ0v) is 11.0. The monoisotopic (exact) mass is 292 g/mol. The van der Waals surface area contributed by atoms with E-state index in [1.54, 1.807) is 0 Å². The second-order valence-corrected chi connectivity index (χ2v) is 5.70. The molecule has 0 spiro atoms. The number of sulfonamides is 1. The highest BCUT2D eigenvalue weighted by Crippen LogP contribution is 2.32. The Kier molecular flexibility index (Phi) is 3.92. The quantitative estimate of drug-likeness (QED) is 0.622. The molecule has 1 amide bonds. The fourth-order valence-electron chi connectivity index (χ4n) is 1.40. The molecule has 0 N–H and O–H groups in total. The van der Waals surface area contributed by atoms with E-state index in [1.165, 1.54) is 6.07 Å². The predicted molar refractivity (Wildman–Crippen MR) is 66.1 cm³/mol. The fourth-order valence-corrected chi connectivity index (χ4v) is 2.54. The minimum absolute atomic E-state index is 0.0717. The lowest BCUT2D eigenvalue weighted by atomic mass is 10.2. The first-order valence-electron chi connectivity index (χ1n) is 4.59. The van der Waals surface area contributed by atoms with Gasteiger partial charge in [0.05, 0.1) is 11.2 Å². The molecule has 0 fully saturated rings. The third-order valence-corrected chi connectivity index (χ3v) is 3.32. The molecular formula is C9H9ClN2O5S. The van der Waals surface area contributed by atoms with Crippen molar-refractivity contribution in [3.8, 4) is 0 Å². The average molecular weight is 293 g/mol. The number of nitro groups is 1. The minimum atomic E-state index is -3.95. The van der Waals surface area contributed by atoms with Gasteiger partial charge in [0.2, 0.25) is 15.9 Å². The Morgan fingerprint density at radius 3 is 2.39 bits per heavy atom. The minimum Gasteiger partial charge on any atom is -0.274 e. The number of nitro benzene ring substituents is 1. The number of halogens is 1. The smallest absolute Gasteiger partial charge is 0.274 e. The maximum absolute atomic E-state index is 11.5. The molecule has 1 aromatic carbocycles. The van der Waals surface area contributed by atoms with Gasteiger partial charge in [-0.1, -0.05) is 11.6 Å². The van der Waals surface area contributed by atoms with E-state index in [4.69, 9.17) is 11.6 Å². The average Bonchev–Trinajstić information content (AvgIpc) is 2.17. The summed E-state index contributed by atoms with van der Waals surface area (Å²) >= 11 is 5.60. The number of carbonyl (C=O) groups excluding carboxylic acids is 1. The zero-order chi connectivity index (χ0) is 14.1. The van der Waals surface area contributed by atoms with Crippen molar-refractivity contribution < 1.29 is 18.1 Å². The van der Waals surface area contributed by atoms with E-state index < -0.39 is 26.5 Å². The molecule has 18 heavy (non-hydrogen) atoms. The van der Waals surface area contributed by atoms with Gasteiger partial charge < -0.3 is 0 Å². The van der Waals surface area contributed by atoms with Crippen molar-refractivity contribution in [2.75, 3.05) is 10.6 Å². The van der Waals surface area contributed by atoms with Crippen LogP contribution in [0.5, 0.6) is 0 Å². The summed E-state index contributed by atoms with van der Waals surface area (Å²) in [6.07, 6.45) is 0.784. The second-order valence-electron chi connectivity index (χ2n) is 3.44. The van der Waals surface area contributed by atoms with E-state index in [-0.39, 0.29) is 10.7 Å². The van der Waals surface area contributed by atoms with E-state index in [0.717, 1.165) is 25.3 Å². The molecule has 0 radical (unpaired) electrons. The third kappa shape index (κ3) is 2.96. The Bertz CT molecular complexity index is 613. The van der Waals surface area contributed by atoms with Gasteiger partial charge in [0, 0.05) is 18.0 Å². The van der Waals surface area contributed by atoms with Crippen LogP contribution in [0.3, 0.4) is 0 Å². The Morgan fingerprint density at radius 2 is 2.00 bits per heavy atom. The van der Waals surface area contributed by atoms with E-state index in [2.05, 4.69) is 0 Å².